The summed E-state index contributed by atoms with van der Waals surface area (Å²) in [4.78, 5) is 14.0. The van der Waals surface area contributed by atoms with Crippen LogP contribution in [-0.2, 0) is 0 Å². The Bertz CT molecular complexity index is 261. The first-order valence-electron chi connectivity index (χ1n) is 6.91. The quantitative estimate of drug-likeness (QED) is 0.727. The van der Waals surface area contributed by atoms with Crippen molar-refractivity contribution in [2.24, 2.45) is 11.8 Å². The van der Waals surface area contributed by atoms with Crippen LogP contribution in [0.3, 0.4) is 0 Å². The molecule has 98 valence electrons. The van der Waals surface area contributed by atoms with Gasteiger partial charge in [-0.1, -0.05) is 13.8 Å². The molecule has 2 unspecified atom stereocenters. The Morgan fingerprint density at radius 2 is 1.88 bits per heavy atom. The number of carbonyl (C=O) groups is 1. The van der Waals surface area contributed by atoms with Crippen LogP contribution < -0.4 is 10.6 Å². The first kappa shape index (κ1) is 12.7. The summed E-state index contributed by atoms with van der Waals surface area (Å²) < 4.78 is 0. The van der Waals surface area contributed by atoms with E-state index in [0.29, 0.717) is 12.0 Å². The summed E-state index contributed by atoms with van der Waals surface area (Å²) in [5, 5.41) is 6.53. The zero-order chi connectivity index (χ0) is 12.3. The number of carbonyl (C=O) groups excluding carboxylic acids is 1. The van der Waals surface area contributed by atoms with E-state index in [1.165, 1.54) is 0 Å². The molecule has 0 aromatic carbocycles. The van der Waals surface area contributed by atoms with E-state index in [1.807, 2.05) is 4.90 Å². The molecule has 0 aromatic heterocycles. The van der Waals surface area contributed by atoms with Gasteiger partial charge in [-0.2, -0.15) is 0 Å². The van der Waals surface area contributed by atoms with E-state index in [1.54, 1.807) is 0 Å². The standard InChI is InChI=1S/C13H25N3O/c1-10-3-5-16(6-4-10)13(17)15-12-7-11(2)8-14-9-12/h10-12,14H,3-9H2,1-2H3,(H,15,17). The van der Waals surface area contributed by atoms with Crippen LogP contribution in [0.15, 0.2) is 0 Å². The number of piperidine rings is 2. The van der Waals surface area contributed by atoms with Crippen LogP contribution in [0.1, 0.15) is 33.1 Å². The normalized spacial score (nSPS) is 31.3. The fraction of sp³-hybridized carbons (Fsp3) is 0.923. The van der Waals surface area contributed by atoms with Crippen molar-refractivity contribution < 1.29 is 4.79 Å². The molecular formula is C13H25N3O. The van der Waals surface area contributed by atoms with Crippen LogP contribution in [0.2, 0.25) is 0 Å². The summed E-state index contributed by atoms with van der Waals surface area (Å²) in [5.74, 6) is 1.44. The number of nitrogens with one attached hydrogen (secondary N) is 2. The molecule has 0 spiro atoms. The molecule has 0 radical (unpaired) electrons. The molecule has 2 atom stereocenters. The smallest absolute Gasteiger partial charge is 0.317 e. The van der Waals surface area contributed by atoms with E-state index >= 15 is 0 Å². The van der Waals surface area contributed by atoms with Crippen LogP contribution >= 0.6 is 0 Å². The molecular weight excluding hydrogens is 214 g/mol. The summed E-state index contributed by atoms with van der Waals surface area (Å²) in [7, 11) is 0. The Morgan fingerprint density at radius 3 is 2.53 bits per heavy atom. The highest BCUT2D eigenvalue weighted by Crippen LogP contribution is 2.16. The van der Waals surface area contributed by atoms with E-state index < -0.39 is 0 Å². The molecule has 0 bridgehead atoms. The minimum atomic E-state index is 0.137. The average molecular weight is 239 g/mol. The molecule has 2 amide bonds. The van der Waals surface area contributed by atoms with Crippen molar-refractivity contribution in [3.63, 3.8) is 0 Å². The van der Waals surface area contributed by atoms with Crippen LogP contribution in [-0.4, -0.2) is 43.2 Å². The van der Waals surface area contributed by atoms with Crippen molar-refractivity contribution in [1.82, 2.24) is 15.5 Å². The second kappa shape index (κ2) is 5.71. The Hall–Kier alpha value is -0.770. The van der Waals surface area contributed by atoms with Gasteiger partial charge in [0.05, 0.1) is 0 Å². The molecule has 2 aliphatic heterocycles. The fourth-order valence-corrected chi connectivity index (χ4v) is 2.74. The van der Waals surface area contributed by atoms with Gasteiger partial charge in [-0.3, -0.25) is 0 Å². The topological polar surface area (TPSA) is 44.4 Å². The largest absolute Gasteiger partial charge is 0.334 e. The molecule has 0 aliphatic carbocycles. The molecule has 2 saturated heterocycles. The lowest BCUT2D eigenvalue weighted by atomic mass is 9.97. The van der Waals surface area contributed by atoms with Crippen molar-refractivity contribution in [1.29, 1.82) is 0 Å². The number of hydrogen-bond acceptors (Lipinski definition) is 2. The summed E-state index contributed by atoms with van der Waals surface area (Å²) in [6.07, 6.45) is 3.39. The minimum absolute atomic E-state index is 0.137. The van der Waals surface area contributed by atoms with Gasteiger partial charge in [0.2, 0.25) is 0 Å². The van der Waals surface area contributed by atoms with Crippen LogP contribution in [0.4, 0.5) is 4.79 Å². The zero-order valence-electron chi connectivity index (χ0n) is 11.0. The maximum atomic E-state index is 12.1. The molecule has 17 heavy (non-hydrogen) atoms. The van der Waals surface area contributed by atoms with Gasteiger partial charge in [-0.15, -0.1) is 0 Å². The van der Waals surface area contributed by atoms with E-state index in [9.17, 15) is 4.79 Å². The number of hydrogen-bond donors (Lipinski definition) is 2. The van der Waals surface area contributed by atoms with Crippen LogP contribution in [0.5, 0.6) is 0 Å². The number of amides is 2. The van der Waals surface area contributed by atoms with Gasteiger partial charge >= 0.3 is 6.03 Å². The van der Waals surface area contributed by atoms with E-state index in [4.69, 9.17) is 0 Å². The molecule has 4 heteroatoms. The highest BCUT2D eigenvalue weighted by Gasteiger charge is 2.24. The Balaban J connectivity index is 1.76. The monoisotopic (exact) mass is 239 g/mol. The number of rotatable bonds is 1. The highest BCUT2D eigenvalue weighted by molar-refractivity contribution is 5.74. The van der Waals surface area contributed by atoms with Gasteiger partial charge in [0.15, 0.2) is 0 Å². The molecule has 2 fully saturated rings. The average Bonchev–Trinajstić information content (AvgIpc) is 2.29. The third kappa shape index (κ3) is 3.60. The lowest BCUT2D eigenvalue weighted by Gasteiger charge is -2.34. The number of likely N-dealkylation sites (tertiary alicyclic amines) is 1. The molecule has 4 nitrogen and oxygen atoms in total. The Labute approximate surface area is 104 Å². The molecule has 2 rings (SSSR count). The fourth-order valence-electron chi connectivity index (χ4n) is 2.74. The highest BCUT2D eigenvalue weighted by atomic mass is 16.2. The maximum Gasteiger partial charge on any atom is 0.317 e. The third-order valence-electron chi connectivity index (χ3n) is 3.97. The zero-order valence-corrected chi connectivity index (χ0v) is 11.0. The molecule has 0 saturated carbocycles. The molecule has 0 aromatic rings. The summed E-state index contributed by atoms with van der Waals surface area (Å²) in [6, 6.07) is 0.448. The number of nitrogens with zero attached hydrogens (tertiary/aromatic N) is 1. The first-order valence-corrected chi connectivity index (χ1v) is 6.91. The van der Waals surface area contributed by atoms with Crippen molar-refractivity contribution in [2.45, 2.75) is 39.2 Å². The molecule has 2 heterocycles. The van der Waals surface area contributed by atoms with Gasteiger partial charge in [-0.25, -0.2) is 4.79 Å². The third-order valence-corrected chi connectivity index (χ3v) is 3.97. The second-order valence-corrected chi connectivity index (χ2v) is 5.82. The lowest BCUT2D eigenvalue weighted by molar-refractivity contribution is 0.166. The predicted molar refractivity (Wildman–Crippen MR) is 68.9 cm³/mol. The predicted octanol–water partition coefficient (Wildman–Crippen LogP) is 1.43. The lowest BCUT2D eigenvalue weighted by Crippen LogP contribution is -2.53. The molecule has 2 aliphatic rings. The number of urea groups is 1. The van der Waals surface area contributed by atoms with E-state index in [2.05, 4.69) is 24.5 Å². The van der Waals surface area contributed by atoms with Crippen molar-refractivity contribution in [3.8, 4) is 0 Å². The van der Waals surface area contributed by atoms with Gasteiger partial charge < -0.3 is 15.5 Å². The maximum absolute atomic E-state index is 12.1. The second-order valence-electron chi connectivity index (χ2n) is 5.82. The summed E-state index contributed by atoms with van der Waals surface area (Å²) in [5.41, 5.74) is 0. The van der Waals surface area contributed by atoms with Gasteiger partial charge in [0.1, 0.15) is 0 Å². The molecule has 2 N–H and O–H groups in total. The summed E-state index contributed by atoms with van der Waals surface area (Å²) in [6.45, 7) is 8.33. The Morgan fingerprint density at radius 1 is 1.18 bits per heavy atom. The van der Waals surface area contributed by atoms with Crippen LogP contribution in [0.25, 0.3) is 0 Å². The van der Waals surface area contributed by atoms with Crippen molar-refractivity contribution in [3.05, 3.63) is 0 Å². The minimum Gasteiger partial charge on any atom is -0.334 e. The first-order chi connectivity index (χ1) is 8.15. The van der Waals surface area contributed by atoms with E-state index in [-0.39, 0.29) is 6.03 Å². The van der Waals surface area contributed by atoms with Gasteiger partial charge in [0, 0.05) is 25.7 Å². The van der Waals surface area contributed by atoms with Gasteiger partial charge in [-0.05, 0) is 37.6 Å². The van der Waals surface area contributed by atoms with Crippen molar-refractivity contribution in [2.75, 3.05) is 26.2 Å². The Kier molecular flexibility index (Phi) is 4.26. The van der Waals surface area contributed by atoms with Crippen molar-refractivity contribution >= 4 is 6.03 Å². The SMILES string of the molecule is CC1CCN(C(=O)NC2CNCC(C)C2)CC1. The van der Waals surface area contributed by atoms with Crippen LogP contribution in [0, 0.1) is 11.8 Å². The summed E-state index contributed by atoms with van der Waals surface area (Å²) >= 11 is 0. The van der Waals surface area contributed by atoms with E-state index in [0.717, 1.165) is 51.4 Å². The van der Waals surface area contributed by atoms with Gasteiger partial charge in [0.25, 0.3) is 0 Å².